The summed E-state index contributed by atoms with van der Waals surface area (Å²) in [5.74, 6) is -2.37. The van der Waals surface area contributed by atoms with Gasteiger partial charge in [0.25, 0.3) is 15.9 Å². The molecule has 1 aliphatic carbocycles. The molecule has 0 aromatic heterocycles. The van der Waals surface area contributed by atoms with Crippen LogP contribution in [0, 0.1) is 0 Å². The number of nitrogens with one attached hydrogen (secondary N) is 1. The van der Waals surface area contributed by atoms with Crippen molar-refractivity contribution in [2.75, 3.05) is 0 Å². The zero-order valence-electron chi connectivity index (χ0n) is 8.00. The van der Waals surface area contributed by atoms with Gasteiger partial charge in [0, 0.05) is 6.04 Å². The number of aliphatic carboxylic acids is 1. The highest BCUT2D eigenvalue weighted by Crippen LogP contribution is 2.24. The van der Waals surface area contributed by atoms with E-state index in [1.165, 1.54) is 0 Å². The zero-order chi connectivity index (χ0) is 11.9. The first-order valence-electron chi connectivity index (χ1n) is 4.50. The van der Waals surface area contributed by atoms with Crippen LogP contribution < -0.4 is 5.32 Å². The second-order valence-electron chi connectivity index (χ2n) is 3.51. The second kappa shape index (κ2) is 3.41. The predicted octanol–water partition coefficient (Wildman–Crippen LogP) is -0.982. The number of carboxylic acids is 1. The molecule has 0 aromatic carbocycles. The number of hydrogen-bond acceptors (Lipinski definition) is 4. The Morgan fingerprint density at radius 3 is 2.56 bits per heavy atom. The lowest BCUT2D eigenvalue weighted by atomic mass is 10.2. The van der Waals surface area contributed by atoms with Crippen LogP contribution in [0.3, 0.4) is 0 Å². The molecule has 0 saturated heterocycles. The third-order valence-corrected chi connectivity index (χ3v) is 3.48. The maximum atomic E-state index is 11.5. The van der Waals surface area contributed by atoms with E-state index in [9.17, 15) is 18.0 Å². The van der Waals surface area contributed by atoms with Crippen molar-refractivity contribution in [2.24, 2.45) is 4.40 Å². The molecule has 0 atom stereocenters. The van der Waals surface area contributed by atoms with Gasteiger partial charge >= 0.3 is 5.97 Å². The van der Waals surface area contributed by atoms with Gasteiger partial charge in [-0.2, -0.15) is 12.8 Å². The maximum Gasteiger partial charge on any atom is 0.338 e. The summed E-state index contributed by atoms with van der Waals surface area (Å²) in [7, 11) is -4.14. The molecular weight excluding hydrogens is 236 g/mol. The van der Waals surface area contributed by atoms with Crippen molar-refractivity contribution in [2.45, 2.75) is 18.9 Å². The molecule has 2 N–H and O–H groups in total. The van der Waals surface area contributed by atoms with E-state index >= 15 is 0 Å². The van der Waals surface area contributed by atoms with E-state index < -0.39 is 32.4 Å². The van der Waals surface area contributed by atoms with Gasteiger partial charge in [0.1, 0.15) is 5.57 Å². The summed E-state index contributed by atoms with van der Waals surface area (Å²) in [6, 6.07) is -0.0501. The molecule has 8 heteroatoms. The highest BCUT2D eigenvalue weighted by Gasteiger charge is 2.37. The van der Waals surface area contributed by atoms with Crippen molar-refractivity contribution < 1.29 is 23.1 Å². The molecule has 16 heavy (non-hydrogen) atoms. The first kappa shape index (κ1) is 10.8. The largest absolute Gasteiger partial charge is 0.478 e. The lowest BCUT2D eigenvalue weighted by Gasteiger charge is -2.03. The van der Waals surface area contributed by atoms with E-state index in [0.717, 1.165) is 12.8 Å². The summed E-state index contributed by atoms with van der Waals surface area (Å²) in [5, 5.41) is 11.1. The highest BCUT2D eigenvalue weighted by atomic mass is 32.2. The summed E-state index contributed by atoms with van der Waals surface area (Å²) in [6.45, 7) is 0. The van der Waals surface area contributed by atoms with Crippen LogP contribution in [-0.4, -0.2) is 37.7 Å². The number of rotatable bonds is 3. The van der Waals surface area contributed by atoms with Crippen LogP contribution in [0.15, 0.2) is 14.9 Å². The first-order chi connectivity index (χ1) is 7.42. The van der Waals surface area contributed by atoms with Gasteiger partial charge in [-0.1, -0.05) is 0 Å². The van der Waals surface area contributed by atoms with E-state index in [1.807, 2.05) is 0 Å². The lowest BCUT2D eigenvalue weighted by molar-refractivity contribution is -0.132. The average Bonchev–Trinajstić information content (AvgIpc) is 2.88. The fourth-order valence-corrected chi connectivity index (χ4v) is 2.30. The normalized spacial score (nSPS) is 22.2. The van der Waals surface area contributed by atoms with Crippen LogP contribution in [0.1, 0.15) is 12.8 Å². The van der Waals surface area contributed by atoms with Crippen molar-refractivity contribution in [1.82, 2.24) is 5.32 Å². The topological polar surface area (TPSA) is 113 Å². The van der Waals surface area contributed by atoms with E-state index in [-0.39, 0.29) is 6.04 Å². The minimum atomic E-state index is -4.14. The summed E-state index contributed by atoms with van der Waals surface area (Å²) in [6.07, 6.45) is 2.24. The van der Waals surface area contributed by atoms with Gasteiger partial charge in [-0.15, -0.1) is 0 Å². The number of amides is 1. The van der Waals surface area contributed by atoms with Gasteiger partial charge in [-0.25, -0.2) is 4.79 Å². The standard InChI is InChI=1S/C8H8N2O5S/c11-7(10-4-1-2-4)6-5(8(12)13)3-9-16(6,14)15/h3-4H,1-2H2,(H,10,11)(H,12,13). The van der Waals surface area contributed by atoms with Crippen molar-refractivity contribution in [3.8, 4) is 0 Å². The Kier molecular flexibility index (Phi) is 2.30. The molecule has 7 nitrogen and oxygen atoms in total. The molecule has 0 bridgehead atoms. The van der Waals surface area contributed by atoms with E-state index in [0.29, 0.717) is 6.21 Å². The molecule has 1 aliphatic heterocycles. The number of carbonyl (C=O) groups excluding carboxylic acids is 1. The quantitative estimate of drug-likeness (QED) is 0.662. The Hall–Kier alpha value is -1.70. The van der Waals surface area contributed by atoms with Crippen LogP contribution in [0.5, 0.6) is 0 Å². The minimum absolute atomic E-state index is 0.0501. The summed E-state index contributed by atoms with van der Waals surface area (Å²) >= 11 is 0. The van der Waals surface area contributed by atoms with Crippen LogP contribution in [0.2, 0.25) is 0 Å². The first-order valence-corrected chi connectivity index (χ1v) is 5.94. The fraction of sp³-hybridized carbons (Fsp3) is 0.375. The van der Waals surface area contributed by atoms with E-state index in [2.05, 4.69) is 9.71 Å². The Balaban J connectivity index is 2.37. The Morgan fingerprint density at radius 1 is 1.44 bits per heavy atom. The summed E-state index contributed by atoms with van der Waals surface area (Å²) < 4.78 is 25.7. The van der Waals surface area contributed by atoms with Gasteiger partial charge in [0.05, 0.1) is 6.21 Å². The molecule has 2 aliphatic rings. The number of nitrogens with zero attached hydrogens (tertiary/aromatic N) is 1. The monoisotopic (exact) mass is 244 g/mol. The zero-order valence-corrected chi connectivity index (χ0v) is 8.82. The smallest absolute Gasteiger partial charge is 0.338 e. The molecule has 1 heterocycles. The predicted molar refractivity (Wildman–Crippen MR) is 53.2 cm³/mol. The molecular formula is C8H8N2O5S. The number of hydrogen-bond donors (Lipinski definition) is 2. The Labute approximate surface area is 90.9 Å². The fourth-order valence-electron chi connectivity index (χ4n) is 1.24. The second-order valence-corrected chi connectivity index (χ2v) is 5.07. The molecule has 1 saturated carbocycles. The molecule has 0 unspecified atom stereocenters. The SMILES string of the molecule is O=C(O)C1=C(C(=O)NC2CC2)S(=O)(=O)N=C1. The summed E-state index contributed by atoms with van der Waals surface area (Å²) in [4.78, 5) is 21.5. The molecule has 1 amide bonds. The molecule has 0 aromatic rings. The summed E-state index contributed by atoms with van der Waals surface area (Å²) in [5.41, 5.74) is -0.585. The van der Waals surface area contributed by atoms with Crippen LogP contribution in [-0.2, 0) is 19.6 Å². The van der Waals surface area contributed by atoms with E-state index in [4.69, 9.17) is 5.11 Å². The van der Waals surface area contributed by atoms with Gasteiger partial charge in [0.15, 0.2) is 4.91 Å². The number of carboxylic acid groups (broad SMARTS) is 1. The van der Waals surface area contributed by atoms with Crippen molar-refractivity contribution >= 4 is 28.1 Å². The minimum Gasteiger partial charge on any atom is -0.478 e. The molecule has 2 rings (SSSR count). The number of sulfonamides is 1. The maximum absolute atomic E-state index is 11.5. The lowest BCUT2D eigenvalue weighted by Crippen LogP contribution is -2.30. The van der Waals surface area contributed by atoms with Crippen LogP contribution in [0.4, 0.5) is 0 Å². The van der Waals surface area contributed by atoms with Crippen LogP contribution >= 0.6 is 0 Å². The van der Waals surface area contributed by atoms with Gasteiger partial charge < -0.3 is 10.4 Å². The third kappa shape index (κ3) is 1.83. The van der Waals surface area contributed by atoms with Gasteiger partial charge in [-0.05, 0) is 12.8 Å². The number of carbonyl (C=O) groups is 2. The molecule has 0 spiro atoms. The average molecular weight is 244 g/mol. The van der Waals surface area contributed by atoms with Gasteiger partial charge in [-0.3, -0.25) is 4.79 Å². The third-order valence-electron chi connectivity index (χ3n) is 2.17. The van der Waals surface area contributed by atoms with E-state index in [1.54, 1.807) is 0 Å². The van der Waals surface area contributed by atoms with Crippen molar-refractivity contribution in [3.63, 3.8) is 0 Å². The molecule has 1 fully saturated rings. The highest BCUT2D eigenvalue weighted by molar-refractivity contribution is 7.95. The van der Waals surface area contributed by atoms with Crippen molar-refractivity contribution in [1.29, 1.82) is 0 Å². The molecule has 0 radical (unpaired) electrons. The Morgan fingerprint density at radius 2 is 2.06 bits per heavy atom. The van der Waals surface area contributed by atoms with Gasteiger partial charge in [0.2, 0.25) is 0 Å². The van der Waals surface area contributed by atoms with Crippen LogP contribution in [0.25, 0.3) is 0 Å². The Bertz CT molecular complexity index is 527. The van der Waals surface area contributed by atoms with Crippen molar-refractivity contribution in [3.05, 3.63) is 10.5 Å². The molecule has 86 valence electrons.